The fraction of sp³-hybridized carbons (Fsp3) is 0.300. The molecule has 1 amide bonds. The normalized spacial score (nSPS) is 18.0. The Kier molecular flexibility index (Phi) is 6.35. The Balaban J connectivity index is 1.53. The molecule has 0 bridgehead atoms. The summed E-state index contributed by atoms with van der Waals surface area (Å²) in [5.41, 5.74) is 3.70. The van der Waals surface area contributed by atoms with Crippen LogP contribution >= 0.6 is 0 Å². The van der Waals surface area contributed by atoms with Gasteiger partial charge in [-0.05, 0) is 48.7 Å². The Bertz CT molecular complexity index is 731. The summed E-state index contributed by atoms with van der Waals surface area (Å²) < 4.78 is 0. The van der Waals surface area contributed by atoms with Crippen molar-refractivity contribution in [2.45, 2.75) is 25.4 Å². The van der Waals surface area contributed by atoms with Gasteiger partial charge >= 0.3 is 0 Å². The van der Waals surface area contributed by atoms with Crippen molar-refractivity contribution in [2.24, 2.45) is 0 Å². The van der Waals surface area contributed by atoms with E-state index in [1.54, 1.807) is 17.8 Å². The van der Waals surface area contributed by atoms with Crippen LogP contribution in [0.15, 0.2) is 54.7 Å². The Hall–Kier alpha value is -2.70. The fourth-order valence-corrected chi connectivity index (χ4v) is 3.17. The van der Waals surface area contributed by atoms with Crippen LogP contribution < -0.4 is 10.8 Å². The van der Waals surface area contributed by atoms with Crippen LogP contribution in [0.1, 0.15) is 24.0 Å². The van der Waals surface area contributed by atoms with Crippen LogP contribution in [0, 0.1) is 0 Å². The SMILES string of the molecule is O=C(/C=C/c1ccc(N[C@@H]2CCCN(Cc3ccccc3)C2)nc1)NO. The highest BCUT2D eigenvalue weighted by atomic mass is 16.5. The molecular weight excluding hydrogens is 328 g/mol. The number of hydrogen-bond acceptors (Lipinski definition) is 5. The molecular formula is C20H24N4O2. The van der Waals surface area contributed by atoms with Gasteiger partial charge in [0.1, 0.15) is 5.82 Å². The van der Waals surface area contributed by atoms with E-state index in [0.717, 1.165) is 37.4 Å². The van der Waals surface area contributed by atoms with Crippen LogP contribution in [0.5, 0.6) is 0 Å². The first-order valence-electron chi connectivity index (χ1n) is 8.84. The standard InChI is InChI=1S/C20H24N4O2/c25-20(23-26)11-9-16-8-10-19(21-13-16)22-18-7-4-12-24(15-18)14-17-5-2-1-3-6-17/h1-3,5-6,8-11,13,18,26H,4,7,12,14-15H2,(H,21,22)(H,23,25)/b11-9+/t18-/m1/s1. The lowest BCUT2D eigenvalue weighted by molar-refractivity contribution is -0.124. The Labute approximate surface area is 153 Å². The molecule has 6 heteroatoms. The average molecular weight is 352 g/mol. The Morgan fingerprint density at radius 1 is 1.27 bits per heavy atom. The molecule has 1 fully saturated rings. The third kappa shape index (κ3) is 5.40. The molecule has 2 heterocycles. The number of anilines is 1. The smallest absolute Gasteiger partial charge is 0.267 e. The number of carbonyl (C=O) groups is 1. The van der Waals surface area contributed by atoms with E-state index in [9.17, 15) is 4.79 Å². The van der Waals surface area contributed by atoms with Gasteiger partial charge in [0, 0.05) is 31.4 Å². The topological polar surface area (TPSA) is 77.5 Å². The lowest BCUT2D eigenvalue weighted by Gasteiger charge is -2.33. The molecule has 0 aliphatic carbocycles. The van der Waals surface area contributed by atoms with Crippen molar-refractivity contribution >= 4 is 17.8 Å². The van der Waals surface area contributed by atoms with Gasteiger partial charge in [-0.15, -0.1) is 0 Å². The molecule has 6 nitrogen and oxygen atoms in total. The molecule has 1 aliphatic rings. The zero-order chi connectivity index (χ0) is 18.2. The maximum atomic E-state index is 11.0. The third-order valence-electron chi connectivity index (χ3n) is 4.43. The average Bonchev–Trinajstić information content (AvgIpc) is 2.68. The van der Waals surface area contributed by atoms with E-state index in [2.05, 4.69) is 39.5 Å². The molecule has 0 saturated carbocycles. The lowest BCUT2D eigenvalue weighted by Crippen LogP contribution is -2.41. The summed E-state index contributed by atoms with van der Waals surface area (Å²) in [6, 6.07) is 14.7. The van der Waals surface area contributed by atoms with E-state index >= 15 is 0 Å². The molecule has 1 saturated heterocycles. The molecule has 1 atom stereocenters. The van der Waals surface area contributed by atoms with Crippen molar-refractivity contribution in [3.8, 4) is 0 Å². The number of amides is 1. The monoisotopic (exact) mass is 352 g/mol. The maximum absolute atomic E-state index is 11.0. The van der Waals surface area contributed by atoms with Gasteiger partial charge in [-0.2, -0.15) is 0 Å². The van der Waals surface area contributed by atoms with Gasteiger partial charge in [0.25, 0.3) is 5.91 Å². The number of nitrogens with zero attached hydrogens (tertiary/aromatic N) is 2. The fourth-order valence-electron chi connectivity index (χ4n) is 3.17. The van der Waals surface area contributed by atoms with Gasteiger partial charge in [-0.3, -0.25) is 14.9 Å². The molecule has 3 N–H and O–H groups in total. The minimum absolute atomic E-state index is 0.376. The first-order chi connectivity index (χ1) is 12.7. The number of pyridine rings is 1. The van der Waals surface area contributed by atoms with Crippen LogP contribution in [0.2, 0.25) is 0 Å². The van der Waals surface area contributed by atoms with Gasteiger partial charge < -0.3 is 5.32 Å². The number of hydroxylamine groups is 1. The zero-order valence-electron chi connectivity index (χ0n) is 14.6. The second-order valence-corrected chi connectivity index (χ2v) is 6.49. The summed E-state index contributed by atoms with van der Waals surface area (Å²) >= 11 is 0. The largest absolute Gasteiger partial charge is 0.366 e. The van der Waals surface area contributed by atoms with Crippen molar-refractivity contribution in [3.05, 3.63) is 65.9 Å². The number of aromatic nitrogens is 1. The number of hydrogen-bond donors (Lipinski definition) is 3. The molecule has 0 radical (unpaired) electrons. The minimum atomic E-state index is -0.562. The van der Waals surface area contributed by atoms with Crippen LogP contribution in [0.25, 0.3) is 6.08 Å². The van der Waals surface area contributed by atoms with Crippen LogP contribution in [-0.4, -0.2) is 40.1 Å². The van der Waals surface area contributed by atoms with Crippen molar-refractivity contribution < 1.29 is 10.0 Å². The van der Waals surface area contributed by atoms with E-state index in [0.29, 0.717) is 6.04 Å². The minimum Gasteiger partial charge on any atom is -0.366 e. The number of carbonyl (C=O) groups excluding carboxylic acids is 1. The molecule has 1 aromatic heterocycles. The van der Waals surface area contributed by atoms with E-state index in [1.807, 2.05) is 18.2 Å². The van der Waals surface area contributed by atoms with E-state index < -0.39 is 5.91 Å². The zero-order valence-corrected chi connectivity index (χ0v) is 14.6. The highest BCUT2D eigenvalue weighted by Gasteiger charge is 2.20. The number of likely N-dealkylation sites (tertiary alicyclic amines) is 1. The van der Waals surface area contributed by atoms with Crippen LogP contribution in [0.3, 0.4) is 0 Å². The number of piperidine rings is 1. The summed E-state index contributed by atoms with van der Waals surface area (Å²) in [6.07, 6.45) is 6.86. The number of rotatable bonds is 6. The molecule has 2 aromatic rings. The maximum Gasteiger partial charge on any atom is 0.267 e. The first-order valence-corrected chi connectivity index (χ1v) is 8.84. The summed E-state index contributed by atoms with van der Waals surface area (Å²) in [5.74, 6) is 0.272. The van der Waals surface area contributed by atoms with Gasteiger partial charge in [0.2, 0.25) is 0 Å². The van der Waals surface area contributed by atoms with Gasteiger partial charge in [0.15, 0.2) is 0 Å². The quantitative estimate of drug-likeness (QED) is 0.423. The third-order valence-corrected chi connectivity index (χ3v) is 4.43. The molecule has 26 heavy (non-hydrogen) atoms. The lowest BCUT2D eigenvalue weighted by atomic mass is 10.0. The summed E-state index contributed by atoms with van der Waals surface area (Å²) in [7, 11) is 0. The summed E-state index contributed by atoms with van der Waals surface area (Å²) in [6.45, 7) is 3.09. The van der Waals surface area contributed by atoms with Gasteiger partial charge in [0.05, 0.1) is 0 Å². The second kappa shape index (κ2) is 9.12. The van der Waals surface area contributed by atoms with Crippen molar-refractivity contribution in [3.63, 3.8) is 0 Å². The van der Waals surface area contributed by atoms with E-state index in [1.165, 1.54) is 18.1 Å². The Morgan fingerprint density at radius 3 is 2.85 bits per heavy atom. The highest BCUT2D eigenvalue weighted by Crippen LogP contribution is 2.17. The van der Waals surface area contributed by atoms with Crippen molar-refractivity contribution in [1.82, 2.24) is 15.4 Å². The second-order valence-electron chi connectivity index (χ2n) is 6.49. The summed E-state index contributed by atoms with van der Waals surface area (Å²) in [4.78, 5) is 17.9. The van der Waals surface area contributed by atoms with Crippen molar-refractivity contribution in [1.29, 1.82) is 0 Å². The van der Waals surface area contributed by atoms with Gasteiger partial charge in [-0.1, -0.05) is 30.3 Å². The van der Waals surface area contributed by atoms with Crippen LogP contribution in [0.4, 0.5) is 5.82 Å². The molecule has 3 rings (SSSR count). The molecule has 0 spiro atoms. The molecule has 1 aliphatic heterocycles. The number of benzene rings is 1. The predicted molar refractivity (Wildman–Crippen MR) is 102 cm³/mol. The highest BCUT2D eigenvalue weighted by molar-refractivity contribution is 5.90. The molecule has 1 aromatic carbocycles. The van der Waals surface area contributed by atoms with E-state index in [-0.39, 0.29) is 0 Å². The summed E-state index contributed by atoms with van der Waals surface area (Å²) in [5, 5.41) is 12.0. The molecule has 136 valence electrons. The Morgan fingerprint density at radius 2 is 2.12 bits per heavy atom. The van der Waals surface area contributed by atoms with Crippen LogP contribution in [-0.2, 0) is 11.3 Å². The number of nitrogens with one attached hydrogen (secondary N) is 2. The van der Waals surface area contributed by atoms with E-state index in [4.69, 9.17) is 5.21 Å². The first kappa shape index (κ1) is 18.1. The van der Waals surface area contributed by atoms with Crippen molar-refractivity contribution in [2.75, 3.05) is 18.4 Å². The van der Waals surface area contributed by atoms with Gasteiger partial charge in [-0.25, -0.2) is 10.5 Å². The molecule has 0 unspecified atom stereocenters. The predicted octanol–water partition coefficient (Wildman–Crippen LogP) is 2.68.